The lowest BCUT2D eigenvalue weighted by molar-refractivity contribution is -0.138. The number of carbonyl (C=O) groups excluding carboxylic acids is 1. The Balaban J connectivity index is 1.69. The number of piperazine rings is 1. The standard InChI is InChI=1S/C22H25N3O4/c1-15-13-24(10-11-25(15)21(26)14-27-2)22-17-9-8-16(28-3)12-20(17)29-19-7-5-4-6-18(19)23-22/h4-9,12,15H,10-11,13-14H2,1-3H3. The molecule has 0 saturated carbocycles. The SMILES string of the molecule is COCC(=O)N1CCN(C2=Nc3ccccc3Oc3cc(OC)ccc32)CC1C. The highest BCUT2D eigenvalue weighted by Crippen LogP contribution is 2.39. The molecule has 2 heterocycles. The number of aliphatic imine (C=N–C) groups is 1. The molecular formula is C22H25N3O4. The zero-order valence-electron chi connectivity index (χ0n) is 16.9. The minimum atomic E-state index is 0.0151. The van der Waals surface area contributed by atoms with E-state index < -0.39 is 0 Å². The van der Waals surface area contributed by atoms with E-state index >= 15 is 0 Å². The predicted molar refractivity (Wildman–Crippen MR) is 110 cm³/mol. The molecule has 0 radical (unpaired) electrons. The van der Waals surface area contributed by atoms with Crippen LogP contribution in [0.15, 0.2) is 47.5 Å². The van der Waals surface area contributed by atoms with Gasteiger partial charge in [0.15, 0.2) is 5.75 Å². The first-order valence-electron chi connectivity index (χ1n) is 9.68. The van der Waals surface area contributed by atoms with Crippen LogP contribution in [0.1, 0.15) is 12.5 Å². The van der Waals surface area contributed by atoms with Crippen molar-refractivity contribution >= 4 is 17.4 Å². The third kappa shape index (κ3) is 3.78. The highest BCUT2D eigenvalue weighted by atomic mass is 16.5. The molecule has 1 atom stereocenters. The molecule has 7 nitrogen and oxygen atoms in total. The van der Waals surface area contributed by atoms with Gasteiger partial charge < -0.3 is 24.0 Å². The van der Waals surface area contributed by atoms with Crippen LogP contribution in [-0.4, -0.2) is 68.0 Å². The molecule has 0 spiro atoms. The van der Waals surface area contributed by atoms with Gasteiger partial charge in [-0.1, -0.05) is 12.1 Å². The van der Waals surface area contributed by atoms with Gasteiger partial charge in [-0.15, -0.1) is 0 Å². The van der Waals surface area contributed by atoms with Crippen LogP contribution in [0, 0.1) is 0 Å². The molecule has 2 aromatic rings. The second-order valence-electron chi connectivity index (χ2n) is 7.18. The summed E-state index contributed by atoms with van der Waals surface area (Å²) in [6.45, 7) is 4.15. The number of fused-ring (bicyclic) bond motifs is 2. The Labute approximate surface area is 170 Å². The van der Waals surface area contributed by atoms with Crippen molar-refractivity contribution in [1.29, 1.82) is 0 Å². The number of rotatable bonds is 3. The monoisotopic (exact) mass is 395 g/mol. The first-order chi connectivity index (χ1) is 14.1. The molecule has 0 N–H and O–H groups in total. The average Bonchev–Trinajstić information content (AvgIpc) is 2.89. The third-order valence-corrected chi connectivity index (χ3v) is 5.26. The number of methoxy groups -OCH3 is 2. The van der Waals surface area contributed by atoms with E-state index in [0.717, 1.165) is 22.8 Å². The molecule has 0 aliphatic carbocycles. The highest BCUT2D eigenvalue weighted by molar-refractivity contribution is 6.04. The fourth-order valence-corrected chi connectivity index (χ4v) is 3.80. The molecule has 29 heavy (non-hydrogen) atoms. The van der Waals surface area contributed by atoms with Gasteiger partial charge in [0.05, 0.1) is 12.7 Å². The molecular weight excluding hydrogens is 370 g/mol. The molecule has 2 aromatic carbocycles. The Morgan fingerprint density at radius 1 is 1.17 bits per heavy atom. The maximum absolute atomic E-state index is 12.3. The Kier molecular flexibility index (Phi) is 5.40. The molecule has 1 fully saturated rings. The van der Waals surface area contributed by atoms with Gasteiger partial charge in [-0.3, -0.25) is 4.79 Å². The summed E-state index contributed by atoms with van der Waals surface area (Å²) in [4.78, 5) is 21.3. The van der Waals surface area contributed by atoms with Crippen LogP contribution in [0.5, 0.6) is 17.2 Å². The van der Waals surface area contributed by atoms with E-state index in [2.05, 4.69) is 11.8 Å². The van der Waals surface area contributed by atoms with E-state index in [1.54, 1.807) is 14.2 Å². The van der Waals surface area contributed by atoms with E-state index in [1.807, 2.05) is 47.4 Å². The second kappa shape index (κ2) is 8.13. The van der Waals surface area contributed by atoms with Crippen LogP contribution in [-0.2, 0) is 9.53 Å². The van der Waals surface area contributed by atoms with Gasteiger partial charge in [0.25, 0.3) is 0 Å². The van der Waals surface area contributed by atoms with Crippen LogP contribution >= 0.6 is 0 Å². The van der Waals surface area contributed by atoms with Crippen LogP contribution in [0.25, 0.3) is 0 Å². The molecule has 152 valence electrons. The van der Waals surface area contributed by atoms with Crippen molar-refractivity contribution in [1.82, 2.24) is 9.80 Å². The molecule has 1 saturated heterocycles. The van der Waals surface area contributed by atoms with Gasteiger partial charge in [0, 0.05) is 38.9 Å². The summed E-state index contributed by atoms with van der Waals surface area (Å²) in [5, 5.41) is 0. The van der Waals surface area contributed by atoms with Gasteiger partial charge in [-0.05, 0) is 31.2 Å². The quantitative estimate of drug-likeness (QED) is 0.799. The first-order valence-corrected chi connectivity index (χ1v) is 9.68. The summed E-state index contributed by atoms with van der Waals surface area (Å²) in [5.74, 6) is 3.00. The van der Waals surface area contributed by atoms with Gasteiger partial charge in [0.2, 0.25) is 5.91 Å². The van der Waals surface area contributed by atoms with Crippen molar-refractivity contribution in [3.05, 3.63) is 48.0 Å². The van der Waals surface area contributed by atoms with Crippen molar-refractivity contribution in [2.45, 2.75) is 13.0 Å². The zero-order chi connectivity index (χ0) is 20.4. The maximum Gasteiger partial charge on any atom is 0.248 e. The number of ether oxygens (including phenoxy) is 3. The van der Waals surface area contributed by atoms with Crippen molar-refractivity contribution in [3.63, 3.8) is 0 Å². The molecule has 2 aliphatic heterocycles. The zero-order valence-corrected chi connectivity index (χ0v) is 16.9. The molecule has 1 unspecified atom stereocenters. The van der Waals surface area contributed by atoms with Gasteiger partial charge in [-0.25, -0.2) is 4.99 Å². The lowest BCUT2D eigenvalue weighted by atomic mass is 10.1. The number of nitrogens with zero attached hydrogens (tertiary/aromatic N) is 3. The van der Waals surface area contributed by atoms with Crippen LogP contribution in [0.2, 0.25) is 0 Å². The third-order valence-electron chi connectivity index (χ3n) is 5.26. The molecule has 0 aromatic heterocycles. The maximum atomic E-state index is 12.3. The largest absolute Gasteiger partial charge is 0.497 e. The van der Waals surface area contributed by atoms with E-state index in [4.69, 9.17) is 19.2 Å². The van der Waals surface area contributed by atoms with E-state index in [9.17, 15) is 4.79 Å². The van der Waals surface area contributed by atoms with Gasteiger partial charge in [0.1, 0.15) is 29.6 Å². The van der Waals surface area contributed by atoms with Crippen molar-refractivity contribution in [3.8, 4) is 17.2 Å². The van der Waals surface area contributed by atoms with E-state index in [0.29, 0.717) is 31.1 Å². The van der Waals surface area contributed by atoms with Crippen molar-refractivity contribution < 1.29 is 19.0 Å². The number of benzene rings is 2. The Bertz CT molecular complexity index is 943. The number of hydrogen-bond donors (Lipinski definition) is 0. The molecule has 4 rings (SSSR count). The summed E-state index contributed by atoms with van der Waals surface area (Å²) >= 11 is 0. The Morgan fingerprint density at radius 2 is 2.00 bits per heavy atom. The summed E-state index contributed by atoms with van der Waals surface area (Å²) in [7, 11) is 3.18. The minimum absolute atomic E-state index is 0.0151. The molecule has 7 heteroatoms. The van der Waals surface area contributed by atoms with Gasteiger partial charge >= 0.3 is 0 Å². The summed E-state index contributed by atoms with van der Waals surface area (Å²) < 4.78 is 16.6. The van der Waals surface area contributed by atoms with E-state index in [1.165, 1.54) is 0 Å². The van der Waals surface area contributed by atoms with Crippen molar-refractivity contribution in [2.24, 2.45) is 4.99 Å². The summed E-state index contributed by atoms with van der Waals surface area (Å²) in [6.07, 6.45) is 0. The molecule has 1 amide bonds. The van der Waals surface area contributed by atoms with Crippen LogP contribution in [0.4, 0.5) is 5.69 Å². The second-order valence-corrected chi connectivity index (χ2v) is 7.18. The molecule has 0 bridgehead atoms. The Morgan fingerprint density at radius 3 is 2.76 bits per heavy atom. The average molecular weight is 395 g/mol. The smallest absolute Gasteiger partial charge is 0.248 e. The van der Waals surface area contributed by atoms with E-state index in [-0.39, 0.29) is 18.6 Å². The summed E-state index contributed by atoms with van der Waals surface area (Å²) in [5.41, 5.74) is 1.69. The van der Waals surface area contributed by atoms with Crippen LogP contribution < -0.4 is 9.47 Å². The first kappa shape index (κ1) is 19.3. The van der Waals surface area contributed by atoms with Crippen LogP contribution in [0.3, 0.4) is 0 Å². The highest BCUT2D eigenvalue weighted by Gasteiger charge is 2.31. The number of amides is 1. The van der Waals surface area contributed by atoms with Crippen molar-refractivity contribution in [2.75, 3.05) is 40.5 Å². The number of amidine groups is 1. The minimum Gasteiger partial charge on any atom is -0.497 e. The Hall–Kier alpha value is -3.06. The fourth-order valence-electron chi connectivity index (χ4n) is 3.80. The number of hydrogen-bond acceptors (Lipinski definition) is 6. The topological polar surface area (TPSA) is 63.6 Å². The lowest BCUT2D eigenvalue weighted by Crippen LogP contribution is -2.56. The number of carbonyl (C=O) groups is 1. The lowest BCUT2D eigenvalue weighted by Gasteiger charge is -2.41. The predicted octanol–water partition coefficient (Wildman–Crippen LogP) is 3.06. The summed E-state index contributed by atoms with van der Waals surface area (Å²) in [6, 6.07) is 13.6. The molecule has 2 aliphatic rings. The number of para-hydroxylation sites is 2. The fraction of sp³-hybridized carbons (Fsp3) is 0.364. The normalized spacial score (nSPS) is 18.2. The van der Waals surface area contributed by atoms with Gasteiger partial charge in [-0.2, -0.15) is 0 Å².